The highest BCUT2D eigenvalue weighted by atomic mass is 16.6. The fraction of sp³-hybridized carbons (Fsp3) is 0.800. The van der Waals surface area contributed by atoms with Crippen molar-refractivity contribution in [3.05, 3.63) is 0 Å². The van der Waals surface area contributed by atoms with Gasteiger partial charge in [-0.25, -0.2) is 4.79 Å². The molecule has 0 unspecified atom stereocenters. The third kappa shape index (κ3) is 2.44. The number of ether oxygens (including phenoxy) is 1. The second kappa shape index (κ2) is 4.69. The molecule has 6 nitrogen and oxygen atoms in total. The molecule has 2 N–H and O–H groups in total. The highest BCUT2D eigenvalue weighted by Crippen LogP contribution is 2.29. The standard InChI is InChI=1S/C10H16N2O4/c13-6-7-3-8(4-7)16-10(15)12-2-1-11-9(14)5-12/h7-8,13H,1-6H2,(H,11,14)/t7-,8-. The van der Waals surface area contributed by atoms with Gasteiger partial charge in [-0.05, 0) is 18.8 Å². The molecule has 0 aromatic heterocycles. The summed E-state index contributed by atoms with van der Waals surface area (Å²) in [5, 5.41) is 11.5. The molecular weight excluding hydrogens is 212 g/mol. The average molecular weight is 228 g/mol. The largest absolute Gasteiger partial charge is 0.446 e. The van der Waals surface area contributed by atoms with Crippen molar-refractivity contribution in [1.29, 1.82) is 0 Å². The lowest BCUT2D eigenvalue weighted by Crippen LogP contribution is -2.51. The Balaban J connectivity index is 1.73. The number of carbonyl (C=O) groups excluding carboxylic acids is 2. The molecule has 6 heteroatoms. The van der Waals surface area contributed by atoms with E-state index >= 15 is 0 Å². The van der Waals surface area contributed by atoms with Gasteiger partial charge in [0.1, 0.15) is 12.6 Å². The molecule has 2 rings (SSSR count). The molecule has 0 atom stereocenters. The number of rotatable bonds is 2. The van der Waals surface area contributed by atoms with Crippen LogP contribution in [0, 0.1) is 5.92 Å². The molecule has 0 spiro atoms. The highest BCUT2D eigenvalue weighted by Gasteiger charge is 2.33. The smallest absolute Gasteiger partial charge is 0.410 e. The van der Waals surface area contributed by atoms with Crippen LogP contribution in [0.1, 0.15) is 12.8 Å². The van der Waals surface area contributed by atoms with E-state index in [4.69, 9.17) is 9.84 Å². The lowest BCUT2D eigenvalue weighted by atomic mass is 9.83. The number of amides is 2. The van der Waals surface area contributed by atoms with Crippen LogP contribution in [-0.2, 0) is 9.53 Å². The Morgan fingerprint density at radius 3 is 2.94 bits per heavy atom. The van der Waals surface area contributed by atoms with Crippen molar-refractivity contribution in [1.82, 2.24) is 10.2 Å². The van der Waals surface area contributed by atoms with E-state index in [-0.39, 0.29) is 31.1 Å². The van der Waals surface area contributed by atoms with Gasteiger partial charge in [0.05, 0.1) is 0 Å². The molecule has 2 aliphatic rings. The van der Waals surface area contributed by atoms with E-state index < -0.39 is 6.09 Å². The van der Waals surface area contributed by atoms with E-state index in [0.29, 0.717) is 13.1 Å². The van der Waals surface area contributed by atoms with Crippen molar-refractivity contribution in [2.45, 2.75) is 18.9 Å². The summed E-state index contributed by atoms with van der Waals surface area (Å²) < 4.78 is 5.20. The van der Waals surface area contributed by atoms with Gasteiger partial charge in [0, 0.05) is 19.7 Å². The molecule has 0 aromatic carbocycles. The lowest BCUT2D eigenvalue weighted by molar-refractivity contribution is -0.124. The van der Waals surface area contributed by atoms with Crippen LogP contribution in [0.5, 0.6) is 0 Å². The van der Waals surface area contributed by atoms with Crippen LogP contribution < -0.4 is 5.32 Å². The Bertz CT molecular complexity index is 289. The van der Waals surface area contributed by atoms with E-state index in [1.54, 1.807) is 0 Å². The average Bonchev–Trinajstić information content (AvgIpc) is 2.22. The van der Waals surface area contributed by atoms with Crippen LogP contribution in [0.2, 0.25) is 0 Å². The number of piperazine rings is 1. The van der Waals surface area contributed by atoms with E-state index in [2.05, 4.69) is 5.32 Å². The summed E-state index contributed by atoms with van der Waals surface area (Å²) in [7, 11) is 0. The van der Waals surface area contributed by atoms with Gasteiger partial charge in [-0.15, -0.1) is 0 Å². The summed E-state index contributed by atoms with van der Waals surface area (Å²) in [6.07, 6.45) is 0.941. The van der Waals surface area contributed by atoms with Gasteiger partial charge in [-0.2, -0.15) is 0 Å². The van der Waals surface area contributed by atoms with Crippen LogP contribution in [0.15, 0.2) is 0 Å². The van der Waals surface area contributed by atoms with Gasteiger partial charge in [-0.1, -0.05) is 0 Å². The number of aliphatic hydroxyl groups excluding tert-OH is 1. The molecule has 90 valence electrons. The fourth-order valence-electron chi connectivity index (χ4n) is 1.93. The van der Waals surface area contributed by atoms with E-state index in [1.165, 1.54) is 4.90 Å². The zero-order valence-corrected chi connectivity index (χ0v) is 9.02. The van der Waals surface area contributed by atoms with E-state index in [9.17, 15) is 9.59 Å². The molecule has 1 heterocycles. The van der Waals surface area contributed by atoms with Crippen molar-refractivity contribution >= 4 is 12.0 Å². The minimum Gasteiger partial charge on any atom is -0.446 e. The molecular formula is C10H16N2O4. The number of carbonyl (C=O) groups is 2. The summed E-state index contributed by atoms with van der Waals surface area (Å²) >= 11 is 0. The van der Waals surface area contributed by atoms with Crippen molar-refractivity contribution < 1.29 is 19.4 Å². The quantitative estimate of drug-likeness (QED) is 0.656. The Hall–Kier alpha value is -1.30. The predicted molar refractivity (Wildman–Crippen MR) is 54.7 cm³/mol. The maximum atomic E-state index is 11.6. The Morgan fingerprint density at radius 1 is 1.56 bits per heavy atom. The summed E-state index contributed by atoms with van der Waals surface area (Å²) in [6, 6.07) is 0. The maximum absolute atomic E-state index is 11.6. The van der Waals surface area contributed by atoms with Gasteiger partial charge in [-0.3, -0.25) is 9.69 Å². The summed E-state index contributed by atoms with van der Waals surface area (Å²) in [5.74, 6) is 0.118. The van der Waals surface area contributed by atoms with E-state index in [1.807, 2.05) is 0 Å². The third-order valence-corrected chi connectivity index (χ3v) is 3.01. The molecule has 0 bridgehead atoms. The van der Waals surface area contributed by atoms with Crippen molar-refractivity contribution in [3.8, 4) is 0 Å². The second-order valence-electron chi connectivity index (χ2n) is 4.30. The summed E-state index contributed by atoms with van der Waals surface area (Å²) in [4.78, 5) is 24.1. The zero-order chi connectivity index (χ0) is 11.5. The van der Waals surface area contributed by atoms with Gasteiger partial charge >= 0.3 is 6.09 Å². The Labute approximate surface area is 93.6 Å². The van der Waals surface area contributed by atoms with E-state index in [0.717, 1.165) is 12.8 Å². The van der Waals surface area contributed by atoms with Gasteiger partial charge in [0.15, 0.2) is 0 Å². The van der Waals surface area contributed by atoms with Gasteiger partial charge in [0.2, 0.25) is 5.91 Å². The lowest BCUT2D eigenvalue weighted by Gasteiger charge is -2.35. The highest BCUT2D eigenvalue weighted by molar-refractivity contribution is 5.83. The zero-order valence-electron chi connectivity index (χ0n) is 9.02. The molecule has 2 amide bonds. The normalized spacial score (nSPS) is 29.3. The summed E-state index contributed by atoms with van der Waals surface area (Å²) in [6.45, 7) is 1.22. The Kier molecular flexibility index (Phi) is 3.28. The van der Waals surface area contributed by atoms with Crippen LogP contribution in [-0.4, -0.2) is 54.4 Å². The molecule has 2 fully saturated rings. The first kappa shape index (κ1) is 11.2. The molecule has 0 radical (unpaired) electrons. The van der Waals surface area contributed by atoms with Crippen LogP contribution in [0.3, 0.4) is 0 Å². The second-order valence-corrected chi connectivity index (χ2v) is 4.30. The minimum atomic E-state index is -0.420. The van der Waals surface area contributed by atoms with Crippen molar-refractivity contribution in [2.24, 2.45) is 5.92 Å². The first-order valence-electron chi connectivity index (χ1n) is 5.52. The van der Waals surface area contributed by atoms with Gasteiger partial charge in [0.25, 0.3) is 0 Å². The minimum absolute atomic E-state index is 0.0784. The Morgan fingerprint density at radius 2 is 2.31 bits per heavy atom. The van der Waals surface area contributed by atoms with Crippen molar-refractivity contribution in [2.75, 3.05) is 26.2 Å². The molecule has 1 saturated carbocycles. The third-order valence-electron chi connectivity index (χ3n) is 3.01. The first-order valence-corrected chi connectivity index (χ1v) is 5.52. The predicted octanol–water partition coefficient (Wildman–Crippen LogP) is -0.674. The maximum Gasteiger partial charge on any atom is 0.410 e. The molecule has 1 aliphatic carbocycles. The molecule has 0 aromatic rings. The number of aliphatic hydroxyl groups is 1. The van der Waals surface area contributed by atoms with Crippen LogP contribution in [0.25, 0.3) is 0 Å². The number of nitrogens with zero attached hydrogens (tertiary/aromatic N) is 1. The summed E-state index contributed by atoms with van der Waals surface area (Å²) in [5.41, 5.74) is 0. The van der Waals surface area contributed by atoms with Gasteiger partial charge < -0.3 is 15.2 Å². The fourth-order valence-corrected chi connectivity index (χ4v) is 1.93. The molecule has 1 aliphatic heterocycles. The van der Waals surface area contributed by atoms with Crippen LogP contribution >= 0.6 is 0 Å². The number of hydrogen-bond acceptors (Lipinski definition) is 4. The molecule has 16 heavy (non-hydrogen) atoms. The molecule has 1 saturated heterocycles. The van der Waals surface area contributed by atoms with Crippen LogP contribution in [0.4, 0.5) is 4.79 Å². The van der Waals surface area contributed by atoms with Crippen molar-refractivity contribution in [3.63, 3.8) is 0 Å². The number of hydrogen-bond donors (Lipinski definition) is 2. The monoisotopic (exact) mass is 228 g/mol. The SMILES string of the molecule is O=C1CN(C(=O)O[C@H]2C[C@H](CO)C2)CCN1. The number of nitrogens with one attached hydrogen (secondary N) is 1. The topological polar surface area (TPSA) is 78.9 Å². The first-order chi connectivity index (χ1) is 7.69.